The Morgan fingerprint density at radius 3 is 2.83 bits per heavy atom. The maximum Gasteiger partial charge on any atom is 0.0434 e. The van der Waals surface area contributed by atoms with E-state index in [9.17, 15) is 0 Å². The SMILES string of the molecule is CNCc1ccc(Cl)cc1N(C)Cc1ccsc1. The van der Waals surface area contributed by atoms with Gasteiger partial charge < -0.3 is 10.2 Å². The van der Waals surface area contributed by atoms with Crippen LogP contribution in [0.1, 0.15) is 11.1 Å². The molecule has 0 saturated carbocycles. The summed E-state index contributed by atoms with van der Waals surface area (Å²) in [5, 5.41) is 8.26. The lowest BCUT2D eigenvalue weighted by atomic mass is 10.1. The van der Waals surface area contributed by atoms with Gasteiger partial charge in [0.2, 0.25) is 0 Å². The first-order valence-corrected chi connectivity index (χ1v) is 7.18. The van der Waals surface area contributed by atoms with Gasteiger partial charge in [0.05, 0.1) is 0 Å². The van der Waals surface area contributed by atoms with Gasteiger partial charge in [-0.3, -0.25) is 0 Å². The second-order valence-corrected chi connectivity index (χ2v) is 5.51. The highest BCUT2D eigenvalue weighted by Gasteiger charge is 2.08. The number of benzene rings is 1. The Morgan fingerprint density at radius 1 is 1.33 bits per heavy atom. The van der Waals surface area contributed by atoms with Crippen molar-refractivity contribution in [3.05, 3.63) is 51.2 Å². The van der Waals surface area contributed by atoms with Crippen LogP contribution in [0.15, 0.2) is 35.0 Å². The first-order valence-electron chi connectivity index (χ1n) is 5.86. The summed E-state index contributed by atoms with van der Waals surface area (Å²) in [6.07, 6.45) is 0. The Labute approximate surface area is 117 Å². The lowest BCUT2D eigenvalue weighted by Crippen LogP contribution is -2.19. The molecular formula is C14H17ClN2S. The summed E-state index contributed by atoms with van der Waals surface area (Å²) < 4.78 is 0. The van der Waals surface area contributed by atoms with Crippen molar-refractivity contribution in [2.45, 2.75) is 13.1 Å². The molecule has 18 heavy (non-hydrogen) atoms. The van der Waals surface area contributed by atoms with Crippen molar-refractivity contribution in [2.24, 2.45) is 0 Å². The number of thiophene rings is 1. The van der Waals surface area contributed by atoms with Crippen molar-refractivity contribution in [1.29, 1.82) is 0 Å². The molecule has 1 aromatic heterocycles. The van der Waals surface area contributed by atoms with Gasteiger partial charge in [0, 0.05) is 30.8 Å². The van der Waals surface area contributed by atoms with E-state index in [1.807, 2.05) is 19.2 Å². The van der Waals surface area contributed by atoms with E-state index in [1.165, 1.54) is 16.8 Å². The maximum atomic E-state index is 6.10. The summed E-state index contributed by atoms with van der Waals surface area (Å²) in [4.78, 5) is 2.24. The minimum absolute atomic E-state index is 0.780. The Bertz CT molecular complexity index is 497. The lowest BCUT2D eigenvalue weighted by molar-refractivity contribution is 0.806. The minimum Gasteiger partial charge on any atom is -0.370 e. The maximum absolute atomic E-state index is 6.10. The average Bonchev–Trinajstić information content (AvgIpc) is 2.84. The fraction of sp³-hybridized carbons (Fsp3) is 0.286. The number of hydrogen-bond donors (Lipinski definition) is 1. The van der Waals surface area contributed by atoms with Crippen LogP contribution in [0.25, 0.3) is 0 Å². The molecule has 0 aliphatic heterocycles. The molecule has 2 aromatic rings. The summed E-state index contributed by atoms with van der Waals surface area (Å²) in [5.74, 6) is 0. The van der Waals surface area contributed by atoms with Crippen LogP contribution in [0.4, 0.5) is 5.69 Å². The molecule has 0 atom stereocenters. The molecule has 0 amide bonds. The van der Waals surface area contributed by atoms with Crippen molar-refractivity contribution >= 4 is 28.6 Å². The van der Waals surface area contributed by atoms with E-state index >= 15 is 0 Å². The zero-order valence-electron chi connectivity index (χ0n) is 10.6. The molecule has 0 fully saturated rings. The summed E-state index contributed by atoms with van der Waals surface area (Å²) in [6.45, 7) is 1.75. The van der Waals surface area contributed by atoms with Crippen molar-refractivity contribution in [2.75, 3.05) is 19.0 Å². The fourth-order valence-corrected chi connectivity index (χ4v) is 2.80. The first-order chi connectivity index (χ1) is 8.70. The molecule has 4 heteroatoms. The highest BCUT2D eigenvalue weighted by molar-refractivity contribution is 7.07. The quantitative estimate of drug-likeness (QED) is 0.897. The zero-order valence-corrected chi connectivity index (χ0v) is 12.2. The van der Waals surface area contributed by atoms with Crippen LogP contribution in [0.5, 0.6) is 0 Å². The Kier molecular flexibility index (Phi) is 4.64. The smallest absolute Gasteiger partial charge is 0.0434 e. The Hall–Kier alpha value is -1.03. The third kappa shape index (κ3) is 3.25. The predicted octanol–water partition coefficient (Wildman–Crippen LogP) is 3.76. The third-order valence-electron chi connectivity index (χ3n) is 2.83. The van der Waals surface area contributed by atoms with Crippen LogP contribution in [-0.4, -0.2) is 14.1 Å². The molecule has 0 spiro atoms. The zero-order chi connectivity index (χ0) is 13.0. The highest BCUT2D eigenvalue weighted by Crippen LogP contribution is 2.25. The van der Waals surface area contributed by atoms with Gasteiger partial charge in [0.1, 0.15) is 0 Å². The standard InChI is InChI=1S/C14H17ClN2S/c1-16-8-12-3-4-13(15)7-14(12)17(2)9-11-5-6-18-10-11/h3-7,10,16H,8-9H2,1-2H3. The van der Waals surface area contributed by atoms with Crippen molar-refractivity contribution in [3.8, 4) is 0 Å². The molecular weight excluding hydrogens is 264 g/mol. The predicted molar refractivity (Wildman–Crippen MR) is 80.6 cm³/mol. The van der Waals surface area contributed by atoms with E-state index in [2.05, 4.69) is 40.2 Å². The average molecular weight is 281 g/mol. The first kappa shape index (κ1) is 13.4. The lowest BCUT2D eigenvalue weighted by Gasteiger charge is -2.22. The van der Waals surface area contributed by atoms with Crippen LogP contribution in [0, 0.1) is 0 Å². The Morgan fingerprint density at radius 2 is 2.17 bits per heavy atom. The topological polar surface area (TPSA) is 15.3 Å². The minimum atomic E-state index is 0.780. The van der Waals surface area contributed by atoms with Gasteiger partial charge in [-0.25, -0.2) is 0 Å². The number of nitrogens with one attached hydrogen (secondary N) is 1. The summed E-state index contributed by atoms with van der Waals surface area (Å²) in [7, 11) is 4.06. The summed E-state index contributed by atoms with van der Waals surface area (Å²) in [5.41, 5.74) is 3.78. The normalized spacial score (nSPS) is 10.6. The highest BCUT2D eigenvalue weighted by atomic mass is 35.5. The van der Waals surface area contributed by atoms with Gasteiger partial charge in [-0.1, -0.05) is 17.7 Å². The molecule has 0 unspecified atom stereocenters. The second kappa shape index (κ2) is 6.23. The van der Waals surface area contributed by atoms with Gasteiger partial charge >= 0.3 is 0 Å². The Balaban J connectivity index is 2.22. The second-order valence-electron chi connectivity index (χ2n) is 4.29. The number of halogens is 1. The van der Waals surface area contributed by atoms with E-state index in [-0.39, 0.29) is 0 Å². The van der Waals surface area contributed by atoms with Gasteiger partial charge in [-0.05, 0) is 47.1 Å². The molecule has 1 heterocycles. The number of rotatable bonds is 5. The molecule has 2 rings (SSSR count). The van der Waals surface area contributed by atoms with E-state index < -0.39 is 0 Å². The van der Waals surface area contributed by atoms with Crippen LogP contribution >= 0.6 is 22.9 Å². The van der Waals surface area contributed by atoms with E-state index in [0.717, 1.165) is 18.1 Å². The van der Waals surface area contributed by atoms with E-state index in [4.69, 9.17) is 11.6 Å². The van der Waals surface area contributed by atoms with Crippen LogP contribution < -0.4 is 10.2 Å². The van der Waals surface area contributed by atoms with Gasteiger partial charge in [0.15, 0.2) is 0 Å². The number of nitrogens with zero attached hydrogens (tertiary/aromatic N) is 1. The largest absolute Gasteiger partial charge is 0.370 e. The molecule has 0 aliphatic carbocycles. The van der Waals surface area contributed by atoms with Gasteiger partial charge in [0.25, 0.3) is 0 Å². The molecule has 0 radical (unpaired) electrons. The molecule has 0 saturated heterocycles. The summed E-state index contributed by atoms with van der Waals surface area (Å²) >= 11 is 7.83. The molecule has 2 nitrogen and oxygen atoms in total. The van der Waals surface area contributed by atoms with Crippen LogP contribution in [0.2, 0.25) is 5.02 Å². The molecule has 0 bridgehead atoms. The molecule has 1 aromatic carbocycles. The van der Waals surface area contributed by atoms with Crippen molar-refractivity contribution < 1.29 is 0 Å². The van der Waals surface area contributed by atoms with Crippen LogP contribution in [-0.2, 0) is 13.1 Å². The third-order valence-corrected chi connectivity index (χ3v) is 3.79. The molecule has 96 valence electrons. The van der Waals surface area contributed by atoms with Crippen molar-refractivity contribution in [3.63, 3.8) is 0 Å². The number of hydrogen-bond acceptors (Lipinski definition) is 3. The summed E-state index contributed by atoms with van der Waals surface area (Å²) in [6, 6.07) is 8.21. The number of anilines is 1. The van der Waals surface area contributed by atoms with Gasteiger partial charge in [-0.2, -0.15) is 11.3 Å². The van der Waals surface area contributed by atoms with E-state index in [0.29, 0.717) is 0 Å². The molecule has 0 aliphatic rings. The fourth-order valence-electron chi connectivity index (χ4n) is 1.97. The van der Waals surface area contributed by atoms with Crippen LogP contribution in [0.3, 0.4) is 0 Å². The van der Waals surface area contributed by atoms with Crippen molar-refractivity contribution in [1.82, 2.24) is 5.32 Å². The van der Waals surface area contributed by atoms with Gasteiger partial charge in [-0.15, -0.1) is 0 Å². The molecule has 1 N–H and O–H groups in total. The van der Waals surface area contributed by atoms with E-state index in [1.54, 1.807) is 11.3 Å². The monoisotopic (exact) mass is 280 g/mol.